The maximum atomic E-state index is 5.64. The van der Waals surface area contributed by atoms with Crippen molar-refractivity contribution < 1.29 is 14.2 Å². The molecule has 0 saturated carbocycles. The lowest BCUT2D eigenvalue weighted by atomic mass is 10.0. The summed E-state index contributed by atoms with van der Waals surface area (Å²) in [6.45, 7) is 7.95. The molecule has 2 rings (SSSR count). The Labute approximate surface area is 120 Å². The average molecular weight is 272 g/mol. The third kappa shape index (κ3) is 2.72. The number of rotatable bonds is 4. The zero-order valence-corrected chi connectivity index (χ0v) is 12.4. The van der Waals surface area contributed by atoms with Gasteiger partial charge in [0.05, 0.1) is 19.8 Å². The molecule has 0 aliphatic carbocycles. The standard InChI is InChI=1S/C17H20O3/c1-11(2)6-8-13-15(18-4)10-16-14(17(13)19-5)9-7-12(3)20-16/h6-7,9-10H,3,8H2,1-2,4-5H3. The summed E-state index contributed by atoms with van der Waals surface area (Å²) >= 11 is 0. The number of hydrogen-bond donors (Lipinski definition) is 0. The Balaban J connectivity index is 2.59. The number of allylic oxidation sites excluding steroid dienone is 3. The molecule has 0 N–H and O–H groups in total. The van der Waals surface area contributed by atoms with Crippen molar-refractivity contribution >= 4 is 6.08 Å². The first-order valence-electron chi connectivity index (χ1n) is 6.53. The van der Waals surface area contributed by atoms with E-state index in [1.165, 1.54) is 5.57 Å². The van der Waals surface area contributed by atoms with Crippen LogP contribution in [0.2, 0.25) is 0 Å². The zero-order chi connectivity index (χ0) is 14.7. The molecule has 106 valence electrons. The van der Waals surface area contributed by atoms with Crippen LogP contribution in [0.3, 0.4) is 0 Å². The van der Waals surface area contributed by atoms with E-state index in [-0.39, 0.29) is 0 Å². The number of methoxy groups -OCH3 is 2. The average Bonchev–Trinajstić information content (AvgIpc) is 2.43. The Morgan fingerprint density at radius 3 is 2.60 bits per heavy atom. The Kier molecular flexibility index (Phi) is 4.18. The lowest BCUT2D eigenvalue weighted by Gasteiger charge is -2.21. The second-order valence-corrected chi connectivity index (χ2v) is 4.89. The van der Waals surface area contributed by atoms with Crippen LogP contribution in [0.1, 0.15) is 25.0 Å². The molecule has 1 aliphatic rings. The van der Waals surface area contributed by atoms with Crippen LogP contribution < -0.4 is 14.2 Å². The highest BCUT2D eigenvalue weighted by atomic mass is 16.5. The summed E-state index contributed by atoms with van der Waals surface area (Å²) in [5.74, 6) is 2.88. The van der Waals surface area contributed by atoms with Gasteiger partial charge in [-0.3, -0.25) is 0 Å². The van der Waals surface area contributed by atoms with E-state index < -0.39 is 0 Å². The quantitative estimate of drug-likeness (QED) is 0.771. The predicted octanol–water partition coefficient (Wildman–Crippen LogP) is 4.13. The zero-order valence-electron chi connectivity index (χ0n) is 12.4. The SMILES string of the molecule is C=C1C=Cc2c(cc(OC)c(CC=C(C)C)c2OC)O1. The minimum absolute atomic E-state index is 0.610. The fourth-order valence-electron chi connectivity index (χ4n) is 2.18. The first-order chi connectivity index (χ1) is 9.56. The van der Waals surface area contributed by atoms with Gasteiger partial charge in [0.15, 0.2) is 0 Å². The molecule has 3 nitrogen and oxygen atoms in total. The van der Waals surface area contributed by atoms with Gasteiger partial charge in [-0.1, -0.05) is 18.2 Å². The summed E-state index contributed by atoms with van der Waals surface area (Å²) in [5, 5.41) is 0. The molecular formula is C17H20O3. The summed E-state index contributed by atoms with van der Waals surface area (Å²) in [5.41, 5.74) is 3.21. The van der Waals surface area contributed by atoms with Crippen LogP contribution in [0.15, 0.2) is 36.1 Å². The second kappa shape index (κ2) is 5.87. The van der Waals surface area contributed by atoms with Crippen LogP contribution in [0.25, 0.3) is 6.08 Å². The molecule has 0 spiro atoms. The third-order valence-corrected chi connectivity index (χ3v) is 3.16. The summed E-state index contributed by atoms with van der Waals surface area (Å²) in [6.07, 6.45) is 6.71. The van der Waals surface area contributed by atoms with E-state index in [0.29, 0.717) is 11.5 Å². The summed E-state index contributed by atoms with van der Waals surface area (Å²) < 4.78 is 16.7. The van der Waals surface area contributed by atoms with Crippen molar-refractivity contribution in [3.05, 3.63) is 47.3 Å². The first-order valence-corrected chi connectivity index (χ1v) is 6.53. The van der Waals surface area contributed by atoms with E-state index in [4.69, 9.17) is 14.2 Å². The molecular weight excluding hydrogens is 252 g/mol. The first kappa shape index (κ1) is 14.3. The number of benzene rings is 1. The highest BCUT2D eigenvalue weighted by molar-refractivity contribution is 5.73. The van der Waals surface area contributed by atoms with Gasteiger partial charge in [0.2, 0.25) is 0 Å². The van der Waals surface area contributed by atoms with E-state index in [2.05, 4.69) is 26.5 Å². The van der Waals surface area contributed by atoms with Gasteiger partial charge in [-0.05, 0) is 32.4 Å². The van der Waals surface area contributed by atoms with Crippen LogP contribution in [-0.4, -0.2) is 14.2 Å². The molecule has 0 saturated heterocycles. The van der Waals surface area contributed by atoms with E-state index in [0.717, 1.165) is 29.0 Å². The maximum Gasteiger partial charge on any atom is 0.142 e. The molecule has 0 fully saturated rings. The summed E-state index contributed by atoms with van der Waals surface area (Å²) in [4.78, 5) is 0. The van der Waals surface area contributed by atoms with Crippen LogP contribution in [0, 0.1) is 0 Å². The monoisotopic (exact) mass is 272 g/mol. The Morgan fingerprint density at radius 2 is 2.00 bits per heavy atom. The van der Waals surface area contributed by atoms with Gasteiger partial charge < -0.3 is 14.2 Å². The third-order valence-electron chi connectivity index (χ3n) is 3.16. The molecule has 1 heterocycles. The van der Waals surface area contributed by atoms with Crippen molar-refractivity contribution in [2.75, 3.05) is 14.2 Å². The lowest BCUT2D eigenvalue weighted by Crippen LogP contribution is -2.04. The van der Waals surface area contributed by atoms with Gasteiger partial charge in [-0.2, -0.15) is 0 Å². The van der Waals surface area contributed by atoms with Crippen molar-refractivity contribution in [3.8, 4) is 17.2 Å². The maximum absolute atomic E-state index is 5.64. The number of hydrogen-bond acceptors (Lipinski definition) is 3. The van der Waals surface area contributed by atoms with Gasteiger partial charge in [0.1, 0.15) is 23.0 Å². The predicted molar refractivity (Wildman–Crippen MR) is 81.5 cm³/mol. The lowest BCUT2D eigenvalue weighted by molar-refractivity contribution is 0.374. The van der Waals surface area contributed by atoms with Crippen LogP contribution >= 0.6 is 0 Å². The van der Waals surface area contributed by atoms with Gasteiger partial charge in [0.25, 0.3) is 0 Å². The van der Waals surface area contributed by atoms with E-state index >= 15 is 0 Å². The van der Waals surface area contributed by atoms with Crippen molar-refractivity contribution in [1.29, 1.82) is 0 Å². The van der Waals surface area contributed by atoms with Crippen LogP contribution in [0.4, 0.5) is 0 Å². The van der Waals surface area contributed by atoms with Crippen LogP contribution in [-0.2, 0) is 6.42 Å². The number of fused-ring (bicyclic) bond motifs is 1. The molecule has 0 bridgehead atoms. The van der Waals surface area contributed by atoms with Crippen molar-refractivity contribution in [3.63, 3.8) is 0 Å². The highest BCUT2D eigenvalue weighted by Crippen LogP contribution is 2.42. The van der Waals surface area contributed by atoms with Crippen molar-refractivity contribution in [1.82, 2.24) is 0 Å². The molecule has 0 aromatic heterocycles. The molecule has 0 radical (unpaired) electrons. The van der Waals surface area contributed by atoms with E-state index in [1.54, 1.807) is 14.2 Å². The molecule has 3 heteroatoms. The largest absolute Gasteiger partial charge is 0.496 e. The van der Waals surface area contributed by atoms with Crippen molar-refractivity contribution in [2.45, 2.75) is 20.3 Å². The summed E-state index contributed by atoms with van der Waals surface area (Å²) in [7, 11) is 3.32. The molecule has 1 aromatic carbocycles. The van der Waals surface area contributed by atoms with Gasteiger partial charge in [-0.25, -0.2) is 0 Å². The Morgan fingerprint density at radius 1 is 1.25 bits per heavy atom. The molecule has 0 unspecified atom stereocenters. The molecule has 0 atom stereocenters. The minimum atomic E-state index is 0.610. The van der Waals surface area contributed by atoms with Gasteiger partial charge >= 0.3 is 0 Å². The Hall–Kier alpha value is -2.16. The van der Waals surface area contributed by atoms with Crippen molar-refractivity contribution in [2.24, 2.45) is 0 Å². The molecule has 20 heavy (non-hydrogen) atoms. The minimum Gasteiger partial charge on any atom is -0.496 e. The van der Waals surface area contributed by atoms with Crippen LogP contribution in [0.5, 0.6) is 17.2 Å². The fraction of sp³-hybridized carbons (Fsp3) is 0.294. The van der Waals surface area contributed by atoms with Gasteiger partial charge in [-0.15, -0.1) is 0 Å². The van der Waals surface area contributed by atoms with E-state index in [1.807, 2.05) is 18.2 Å². The smallest absolute Gasteiger partial charge is 0.142 e. The highest BCUT2D eigenvalue weighted by Gasteiger charge is 2.21. The summed E-state index contributed by atoms with van der Waals surface area (Å²) in [6, 6.07) is 1.89. The Bertz CT molecular complexity index is 591. The molecule has 1 aliphatic heterocycles. The second-order valence-electron chi connectivity index (χ2n) is 4.89. The topological polar surface area (TPSA) is 27.7 Å². The van der Waals surface area contributed by atoms with E-state index in [9.17, 15) is 0 Å². The van der Waals surface area contributed by atoms with Gasteiger partial charge in [0, 0.05) is 11.6 Å². The molecule has 0 amide bonds. The number of ether oxygens (including phenoxy) is 3. The fourth-order valence-corrected chi connectivity index (χ4v) is 2.18. The molecule has 1 aromatic rings. The normalized spacial score (nSPS) is 12.5.